The van der Waals surface area contributed by atoms with E-state index < -0.39 is 5.97 Å². The van der Waals surface area contributed by atoms with Crippen LogP contribution in [0.3, 0.4) is 0 Å². The molecule has 4 aliphatic rings. The van der Waals surface area contributed by atoms with Gasteiger partial charge in [0.15, 0.2) is 0 Å². The fraction of sp³-hybridized carbons (Fsp3) is 0.963. The Kier molecular flexibility index (Phi) is 7.43. The van der Waals surface area contributed by atoms with Crippen LogP contribution in [0.15, 0.2) is 0 Å². The summed E-state index contributed by atoms with van der Waals surface area (Å²) in [5.74, 6) is 4.52. The molecule has 0 amide bonds. The van der Waals surface area contributed by atoms with Crippen LogP contribution in [0.25, 0.3) is 0 Å². The molecule has 8 atom stereocenters. The van der Waals surface area contributed by atoms with Crippen LogP contribution < -0.4 is 0 Å². The minimum Gasteiger partial charge on any atom is -0.481 e. The van der Waals surface area contributed by atoms with Crippen LogP contribution in [0.1, 0.15) is 118 Å². The molecule has 0 radical (unpaired) electrons. The van der Waals surface area contributed by atoms with Crippen molar-refractivity contribution in [3.8, 4) is 0 Å². The van der Waals surface area contributed by atoms with E-state index in [0.717, 1.165) is 46.8 Å². The molecule has 0 spiro atoms. The molecule has 8 unspecified atom stereocenters. The SMILES string of the molecule is CCC(C)C(=O)O.CCCC1CCC2C3CCC4CCCCC4(C)C3CCC12C. The average Bonchev–Trinajstić information content (AvgIpc) is 3.04. The Bertz CT molecular complexity index is 557. The molecule has 4 aliphatic carbocycles. The molecule has 4 rings (SSSR count). The molecule has 0 aromatic carbocycles. The van der Waals surface area contributed by atoms with E-state index in [1.807, 2.05) is 6.92 Å². The van der Waals surface area contributed by atoms with Crippen molar-refractivity contribution in [1.82, 2.24) is 0 Å². The Balaban J connectivity index is 0.000000298. The van der Waals surface area contributed by atoms with E-state index in [9.17, 15) is 4.79 Å². The van der Waals surface area contributed by atoms with Gasteiger partial charge in [-0.1, -0.05) is 60.3 Å². The number of hydrogen-bond donors (Lipinski definition) is 1. The second-order valence-electron chi connectivity index (χ2n) is 11.7. The van der Waals surface area contributed by atoms with Crippen LogP contribution in [0.4, 0.5) is 0 Å². The summed E-state index contributed by atoms with van der Waals surface area (Å²) >= 11 is 0. The Labute approximate surface area is 180 Å². The van der Waals surface area contributed by atoms with E-state index in [0.29, 0.717) is 0 Å². The number of hydrogen-bond acceptors (Lipinski definition) is 1. The zero-order valence-corrected chi connectivity index (χ0v) is 20.0. The van der Waals surface area contributed by atoms with Crippen LogP contribution in [0, 0.1) is 46.3 Å². The van der Waals surface area contributed by atoms with Crippen molar-refractivity contribution in [3.05, 3.63) is 0 Å². The Morgan fingerprint density at radius 3 is 2.28 bits per heavy atom. The lowest BCUT2D eigenvalue weighted by Crippen LogP contribution is -2.52. The maximum atomic E-state index is 9.93. The largest absolute Gasteiger partial charge is 0.481 e. The first-order valence-corrected chi connectivity index (χ1v) is 13.0. The lowest BCUT2D eigenvalue weighted by molar-refractivity contribution is -0.141. The van der Waals surface area contributed by atoms with Gasteiger partial charge in [-0.3, -0.25) is 4.79 Å². The number of carboxylic acids is 1. The molecule has 1 N–H and O–H groups in total. The maximum absolute atomic E-state index is 9.93. The number of rotatable bonds is 4. The number of fused-ring (bicyclic) bond motifs is 5. The molecule has 0 aromatic rings. The molecular formula is C27H48O2. The molecule has 4 saturated carbocycles. The van der Waals surface area contributed by atoms with E-state index in [2.05, 4.69) is 20.8 Å². The fourth-order valence-electron chi connectivity index (χ4n) is 8.40. The van der Waals surface area contributed by atoms with Crippen molar-refractivity contribution in [2.75, 3.05) is 0 Å². The molecule has 29 heavy (non-hydrogen) atoms. The van der Waals surface area contributed by atoms with Crippen LogP contribution in [0.5, 0.6) is 0 Å². The molecule has 4 fully saturated rings. The van der Waals surface area contributed by atoms with Gasteiger partial charge < -0.3 is 5.11 Å². The second-order valence-corrected chi connectivity index (χ2v) is 11.7. The highest BCUT2D eigenvalue weighted by Gasteiger charge is 2.59. The quantitative estimate of drug-likeness (QED) is 0.516. The highest BCUT2D eigenvalue weighted by Crippen LogP contribution is 2.67. The fourth-order valence-corrected chi connectivity index (χ4v) is 8.40. The molecule has 2 nitrogen and oxygen atoms in total. The molecule has 0 saturated heterocycles. The molecule has 0 heterocycles. The van der Waals surface area contributed by atoms with E-state index in [4.69, 9.17) is 5.11 Å². The number of carboxylic acid groups (broad SMARTS) is 1. The van der Waals surface area contributed by atoms with E-state index in [-0.39, 0.29) is 5.92 Å². The van der Waals surface area contributed by atoms with Crippen molar-refractivity contribution in [2.24, 2.45) is 46.3 Å². The van der Waals surface area contributed by atoms with Gasteiger partial charge >= 0.3 is 5.97 Å². The molecule has 2 heteroatoms. The summed E-state index contributed by atoms with van der Waals surface area (Å²) in [7, 11) is 0. The monoisotopic (exact) mass is 404 g/mol. The topological polar surface area (TPSA) is 37.3 Å². The maximum Gasteiger partial charge on any atom is 0.306 e. The van der Waals surface area contributed by atoms with Crippen LogP contribution in [-0.2, 0) is 4.79 Å². The summed E-state index contributed by atoms with van der Waals surface area (Å²) in [5.41, 5.74) is 1.44. The van der Waals surface area contributed by atoms with E-state index in [1.54, 1.807) is 58.3 Å². The first-order chi connectivity index (χ1) is 13.8. The summed E-state index contributed by atoms with van der Waals surface area (Å²) < 4.78 is 0. The second kappa shape index (κ2) is 9.31. The zero-order chi connectivity index (χ0) is 21.2. The molecule has 0 aliphatic heterocycles. The Morgan fingerprint density at radius 1 is 0.931 bits per heavy atom. The first kappa shape index (κ1) is 23.1. The van der Waals surface area contributed by atoms with Gasteiger partial charge in [0, 0.05) is 0 Å². The predicted octanol–water partition coefficient (Wildman–Crippen LogP) is 7.95. The smallest absolute Gasteiger partial charge is 0.306 e. The lowest BCUT2D eigenvalue weighted by Gasteiger charge is -2.60. The van der Waals surface area contributed by atoms with Crippen LogP contribution in [-0.4, -0.2) is 11.1 Å². The van der Waals surface area contributed by atoms with Gasteiger partial charge in [0.25, 0.3) is 0 Å². The standard InChI is InChI=1S/C22H38.C5H10O2/c1-4-7-16-10-12-19-18-11-9-17-8-5-6-14-21(17,2)20(18)13-15-22(16,19)3;1-3-4(2)5(6)7/h16-20H,4-15H2,1-3H3;4H,3H2,1-2H3,(H,6,7). The third-order valence-electron chi connectivity index (χ3n) is 10.5. The predicted molar refractivity (Wildman–Crippen MR) is 122 cm³/mol. The third kappa shape index (κ3) is 4.29. The van der Waals surface area contributed by atoms with Gasteiger partial charge in [0.2, 0.25) is 0 Å². The first-order valence-electron chi connectivity index (χ1n) is 13.0. The van der Waals surface area contributed by atoms with Crippen molar-refractivity contribution in [1.29, 1.82) is 0 Å². The summed E-state index contributed by atoms with van der Waals surface area (Å²) in [6.07, 6.45) is 19.2. The molecular weight excluding hydrogens is 356 g/mol. The van der Waals surface area contributed by atoms with E-state index in [1.165, 1.54) is 25.7 Å². The van der Waals surface area contributed by atoms with Gasteiger partial charge in [-0.25, -0.2) is 0 Å². The molecule has 0 aromatic heterocycles. The normalized spacial score (nSPS) is 44.5. The average molecular weight is 405 g/mol. The van der Waals surface area contributed by atoms with Crippen molar-refractivity contribution >= 4 is 5.97 Å². The van der Waals surface area contributed by atoms with Crippen molar-refractivity contribution in [3.63, 3.8) is 0 Å². The number of aliphatic carboxylic acids is 1. The van der Waals surface area contributed by atoms with Crippen molar-refractivity contribution < 1.29 is 9.90 Å². The van der Waals surface area contributed by atoms with Gasteiger partial charge in [-0.05, 0) is 98.2 Å². The van der Waals surface area contributed by atoms with E-state index >= 15 is 0 Å². The Hall–Kier alpha value is -0.530. The van der Waals surface area contributed by atoms with Gasteiger partial charge in [0.1, 0.15) is 0 Å². The number of carbonyl (C=O) groups is 1. The zero-order valence-electron chi connectivity index (χ0n) is 20.0. The molecule has 0 bridgehead atoms. The minimum atomic E-state index is -0.706. The van der Waals surface area contributed by atoms with Gasteiger partial charge in [-0.2, -0.15) is 0 Å². The highest BCUT2D eigenvalue weighted by atomic mass is 16.4. The van der Waals surface area contributed by atoms with Gasteiger partial charge in [0.05, 0.1) is 5.92 Å². The lowest BCUT2D eigenvalue weighted by atomic mass is 9.45. The summed E-state index contributed by atoms with van der Waals surface area (Å²) in [6.45, 7) is 11.4. The third-order valence-corrected chi connectivity index (χ3v) is 10.5. The van der Waals surface area contributed by atoms with Gasteiger partial charge in [-0.15, -0.1) is 0 Å². The van der Waals surface area contributed by atoms with Crippen LogP contribution in [0.2, 0.25) is 0 Å². The van der Waals surface area contributed by atoms with Crippen molar-refractivity contribution in [2.45, 2.75) is 118 Å². The summed E-state index contributed by atoms with van der Waals surface area (Å²) in [6, 6.07) is 0. The summed E-state index contributed by atoms with van der Waals surface area (Å²) in [4.78, 5) is 9.93. The minimum absolute atomic E-state index is 0.181. The highest BCUT2D eigenvalue weighted by molar-refractivity contribution is 5.69. The summed E-state index contributed by atoms with van der Waals surface area (Å²) in [5, 5.41) is 8.18. The van der Waals surface area contributed by atoms with Crippen LogP contribution >= 0.6 is 0 Å². The molecule has 168 valence electrons. The Morgan fingerprint density at radius 2 is 1.66 bits per heavy atom.